The summed E-state index contributed by atoms with van der Waals surface area (Å²) in [7, 11) is -3.61. The van der Waals surface area contributed by atoms with E-state index >= 15 is 0 Å². The van der Waals surface area contributed by atoms with Crippen molar-refractivity contribution in [1.82, 2.24) is 5.43 Å². The quantitative estimate of drug-likeness (QED) is 0.586. The van der Waals surface area contributed by atoms with Crippen molar-refractivity contribution in [3.8, 4) is 0 Å². The fraction of sp³-hybridized carbons (Fsp3) is 0.300. The molecule has 0 saturated heterocycles. The molecule has 1 N–H and O–H groups in total. The number of amides is 1. The minimum absolute atomic E-state index is 0.340. The van der Waals surface area contributed by atoms with E-state index in [4.69, 9.17) is 0 Å². The molecular weight excluding hydrogens is 362 g/mol. The van der Waals surface area contributed by atoms with Gasteiger partial charge < -0.3 is 0 Å². The zero-order valence-corrected chi connectivity index (χ0v) is 16.8. The molecule has 0 bridgehead atoms. The van der Waals surface area contributed by atoms with E-state index in [1.807, 2.05) is 30.3 Å². The van der Waals surface area contributed by atoms with E-state index in [2.05, 4.69) is 24.4 Å². The highest BCUT2D eigenvalue weighted by atomic mass is 32.2. The van der Waals surface area contributed by atoms with Crippen molar-refractivity contribution in [2.75, 3.05) is 17.1 Å². The molecule has 0 aliphatic heterocycles. The van der Waals surface area contributed by atoms with Crippen LogP contribution in [0.15, 0.2) is 53.6 Å². The Morgan fingerprint density at radius 2 is 1.78 bits per heavy atom. The van der Waals surface area contributed by atoms with Gasteiger partial charge in [0.25, 0.3) is 5.91 Å². The maximum Gasteiger partial charge on any atom is 0.260 e. The summed E-state index contributed by atoms with van der Waals surface area (Å²) in [5.41, 5.74) is 5.69. The molecule has 0 aliphatic carbocycles. The molecule has 0 radical (unpaired) electrons. The molecule has 0 fully saturated rings. The van der Waals surface area contributed by atoms with Crippen LogP contribution in [0, 0.1) is 6.92 Å². The van der Waals surface area contributed by atoms with Crippen LogP contribution in [-0.2, 0) is 14.8 Å². The summed E-state index contributed by atoms with van der Waals surface area (Å²) in [4.78, 5) is 12.2. The molecule has 2 rings (SSSR count). The van der Waals surface area contributed by atoms with E-state index in [1.165, 1.54) is 11.8 Å². The van der Waals surface area contributed by atoms with E-state index in [-0.39, 0.29) is 6.54 Å². The number of rotatable bonds is 7. The fourth-order valence-corrected chi connectivity index (χ4v) is 3.45. The summed E-state index contributed by atoms with van der Waals surface area (Å²) < 4.78 is 25.3. The van der Waals surface area contributed by atoms with Crippen LogP contribution in [0.2, 0.25) is 0 Å². The number of carbonyl (C=O) groups is 1. The Morgan fingerprint density at radius 3 is 2.33 bits per heavy atom. The lowest BCUT2D eigenvalue weighted by atomic mass is 10.0. The van der Waals surface area contributed by atoms with Crippen molar-refractivity contribution in [1.29, 1.82) is 0 Å². The van der Waals surface area contributed by atoms with Crippen molar-refractivity contribution >= 4 is 27.8 Å². The number of para-hydroxylation sites is 1. The maximum atomic E-state index is 12.2. The molecule has 0 saturated carbocycles. The number of aryl methyl sites for hydroxylation is 1. The smallest absolute Gasteiger partial charge is 0.260 e. The molecular formula is C20H25N3O3S. The first kappa shape index (κ1) is 20.6. The molecule has 1 amide bonds. The third-order valence-electron chi connectivity index (χ3n) is 4.08. The Hall–Kier alpha value is -2.67. The van der Waals surface area contributed by atoms with Crippen LogP contribution >= 0.6 is 0 Å². The van der Waals surface area contributed by atoms with Gasteiger partial charge in [0, 0.05) is 0 Å². The van der Waals surface area contributed by atoms with Gasteiger partial charge in [-0.25, -0.2) is 13.8 Å². The second-order valence-corrected chi connectivity index (χ2v) is 8.58. The molecule has 27 heavy (non-hydrogen) atoms. The van der Waals surface area contributed by atoms with Crippen LogP contribution in [0.4, 0.5) is 5.69 Å². The minimum Gasteiger partial charge on any atom is -0.271 e. The number of sulfonamides is 1. The van der Waals surface area contributed by atoms with Gasteiger partial charge in [-0.3, -0.25) is 9.10 Å². The van der Waals surface area contributed by atoms with Gasteiger partial charge in [0.15, 0.2) is 0 Å². The Labute approximate surface area is 161 Å². The largest absolute Gasteiger partial charge is 0.271 e. The lowest BCUT2D eigenvalue weighted by molar-refractivity contribution is -0.119. The molecule has 7 heteroatoms. The normalized spacial score (nSPS) is 11.7. The summed E-state index contributed by atoms with van der Waals surface area (Å²) in [5, 5.41) is 3.92. The van der Waals surface area contributed by atoms with Crippen molar-refractivity contribution < 1.29 is 13.2 Å². The molecule has 0 heterocycles. The standard InChI is InChI=1S/C20H25N3O3S/c1-15(2)18-11-9-17(10-12-18)13-21-22-20(24)14-23(27(4,25)26)19-8-6-5-7-16(19)3/h5-13,15H,14H2,1-4H3,(H,22,24)/b21-13-. The van der Waals surface area contributed by atoms with Gasteiger partial charge in [0.1, 0.15) is 6.54 Å². The molecule has 6 nitrogen and oxygen atoms in total. The molecule has 0 aromatic heterocycles. The Kier molecular flexibility index (Phi) is 6.74. The van der Waals surface area contributed by atoms with Gasteiger partial charge in [-0.2, -0.15) is 5.10 Å². The molecule has 144 valence electrons. The Morgan fingerprint density at radius 1 is 1.15 bits per heavy atom. The SMILES string of the molecule is Cc1ccccc1N(CC(=O)N/N=C\c1ccc(C(C)C)cc1)S(C)(=O)=O. The number of hydrogen-bond acceptors (Lipinski definition) is 4. The van der Waals surface area contributed by atoms with Crippen molar-refractivity contribution in [3.63, 3.8) is 0 Å². The van der Waals surface area contributed by atoms with E-state index in [0.717, 1.165) is 21.7 Å². The van der Waals surface area contributed by atoms with Crippen LogP contribution in [0.25, 0.3) is 0 Å². The highest BCUT2D eigenvalue weighted by Crippen LogP contribution is 2.21. The van der Waals surface area contributed by atoms with Crippen LogP contribution in [0.1, 0.15) is 36.5 Å². The third kappa shape index (κ3) is 5.92. The predicted octanol–water partition coefficient (Wildman–Crippen LogP) is 3.03. The summed E-state index contributed by atoms with van der Waals surface area (Å²) >= 11 is 0. The van der Waals surface area contributed by atoms with E-state index in [0.29, 0.717) is 11.6 Å². The number of nitrogens with one attached hydrogen (secondary N) is 1. The zero-order chi connectivity index (χ0) is 20.0. The van der Waals surface area contributed by atoms with E-state index in [9.17, 15) is 13.2 Å². The molecule has 0 unspecified atom stereocenters. The Bertz CT molecular complexity index is 920. The average molecular weight is 388 g/mol. The number of anilines is 1. The molecule has 0 aliphatic rings. The van der Waals surface area contributed by atoms with Crippen molar-refractivity contribution in [3.05, 3.63) is 65.2 Å². The van der Waals surface area contributed by atoms with Crippen LogP contribution in [-0.4, -0.2) is 33.3 Å². The second-order valence-electron chi connectivity index (χ2n) is 6.67. The number of hydrazone groups is 1. The first-order chi connectivity index (χ1) is 12.7. The summed E-state index contributed by atoms with van der Waals surface area (Å²) in [6, 6.07) is 14.9. The van der Waals surface area contributed by atoms with Gasteiger partial charge >= 0.3 is 0 Å². The average Bonchev–Trinajstić information content (AvgIpc) is 2.60. The van der Waals surface area contributed by atoms with Gasteiger partial charge in [0.05, 0.1) is 18.2 Å². The lowest BCUT2D eigenvalue weighted by Crippen LogP contribution is -2.39. The monoisotopic (exact) mass is 387 g/mol. The summed E-state index contributed by atoms with van der Waals surface area (Å²) in [5.74, 6) is -0.0714. The number of carbonyl (C=O) groups excluding carboxylic acids is 1. The maximum absolute atomic E-state index is 12.2. The summed E-state index contributed by atoms with van der Waals surface area (Å²) in [6.45, 7) is 5.69. The van der Waals surface area contributed by atoms with Gasteiger partial charge in [-0.1, -0.05) is 56.3 Å². The van der Waals surface area contributed by atoms with E-state index in [1.54, 1.807) is 25.1 Å². The van der Waals surface area contributed by atoms with Crippen LogP contribution in [0.3, 0.4) is 0 Å². The van der Waals surface area contributed by atoms with Gasteiger partial charge in [-0.15, -0.1) is 0 Å². The first-order valence-corrected chi connectivity index (χ1v) is 10.5. The molecule has 0 atom stereocenters. The third-order valence-corrected chi connectivity index (χ3v) is 5.20. The van der Waals surface area contributed by atoms with E-state index < -0.39 is 15.9 Å². The predicted molar refractivity (Wildman–Crippen MR) is 110 cm³/mol. The topological polar surface area (TPSA) is 78.8 Å². The van der Waals surface area contributed by atoms with Gasteiger partial charge in [-0.05, 0) is 35.6 Å². The second kappa shape index (κ2) is 8.81. The number of hydrogen-bond donors (Lipinski definition) is 1. The van der Waals surface area contributed by atoms with Gasteiger partial charge in [0.2, 0.25) is 10.0 Å². The zero-order valence-electron chi connectivity index (χ0n) is 16.0. The number of nitrogens with zero attached hydrogens (tertiary/aromatic N) is 2. The minimum atomic E-state index is -3.61. The first-order valence-electron chi connectivity index (χ1n) is 8.63. The highest BCUT2D eigenvalue weighted by molar-refractivity contribution is 7.92. The van der Waals surface area contributed by atoms with Crippen LogP contribution in [0.5, 0.6) is 0 Å². The summed E-state index contributed by atoms with van der Waals surface area (Å²) in [6.07, 6.45) is 2.60. The lowest BCUT2D eigenvalue weighted by Gasteiger charge is -2.23. The van der Waals surface area contributed by atoms with Crippen molar-refractivity contribution in [2.24, 2.45) is 5.10 Å². The Balaban J connectivity index is 2.05. The number of benzene rings is 2. The molecule has 2 aromatic carbocycles. The fourth-order valence-electron chi connectivity index (χ4n) is 2.54. The van der Waals surface area contributed by atoms with Crippen LogP contribution < -0.4 is 9.73 Å². The molecule has 0 spiro atoms. The van der Waals surface area contributed by atoms with Crippen molar-refractivity contribution in [2.45, 2.75) is 26.7 Å². The molecule has 2 aromatic rings. The highest BCUT2D eigenvalue weighted by Gasteiger charge is 2.21.